The third kappa shape index (κ3) is 3.95. The van der Waals surface area contributed by atoms with Crippen LogP contribution >= 0.6 is 0 Å². The van der Waals surface area contributed by atoms with Gasteiger partial charge >= 0.3 is 11.9 Å². The van der Waals surface area contributed by atoms with Gasteiger partial charge in [-0.05, 0) is 24.6 Å². The third-order valence-corrected chi connectivity index (χ3v) is 5.19. The average molecular weight is 460 g/mol. The number of benzene rings is 2. The van der Waals surface area contributed by atoms with Crippen LogP contribution in [-0.4, -0.2) is 26.5 Å². The summed E-state index contributed by atoms with van der Waals surface area (Å²) in [5, 5.41) is 4.08. The maximum Gasteiger partial charge on any atom is 0.416 e. The highest BCUT2D eigenvalue weighted by Crippen LogP contribution is 2.34. The van der Waals surface area contributed by atoms with Gasteiger partial charge in [-0.3, -0.25) is 9.36 Å². The van der Waals surface area contributed by atoms with Crippen molar-refractivity contribution < 1.29 is 27.2 Å². The first-order chi connectivity index (χ1) is 15.8. The molecule has 2 aromatic carbocycles. The van der Waals surface area contributed by atoms with E-state index in [2.05, 4.69) is 15.1 Å². The lowest BCUT2D eigenvalue weighted by molar-refractivity contribution is -0.137. The van der Waals surface area contributed by atoms with Crippen molar-refractivity contribution in [3.63, 3.8) is 0 Å². The van der Waals surface area contributed by atoms with Gasteiger partial charge in [0.2, 0.25) is 18.5 Å². The van der Waals surface area contributed by atoms with E-state index in [1.165, 1.54) is 18.2 Å². The molecule has 9 nitrogen and oxygen atoms in total. The lowest BCUT2D eigenvalue weighted by atomic mass is 10.1. The highest BCUT2D eigenvalue weighted by Gasteiger charge is 2.30. The van der Waals surface area contributed by atoms with Gasteiger partial charge in [0.25, 0.3) is 5.56 Å². The standard InChI is InChI=1S/C21H15F3N4O5/c22-21(23,24)12-5-3-11(4-6-12)18-26-17(33-27-18)2-1-7-28-19(29)13-8-15-16(32-10-31-15)9-14(13)25-20(28)30/h3-6,8-9H,1-2,7,10H2,(H,25,30). The summed E-state index contributed by atoms with van der Waals surface area (Å²) in [5.74, 6) is 1.27. The second kappa shape index (κ2) is 7.80. The number of hydrogen-bond donors (Lipinski definition) is 1. The molecule has 0 aliphatic carbocycles. The highest BCUT2D eigenvalue weighted by atomic mass is 19.4. The molecule has 0 atom stereocenters. The molecule has 12 heteroatoms. The molecule has 0 spiro atoms. The molecule has 0 saturated heterocycles. The summed E-state index contributed by atoms with van der Waals surface area (Å²) in [6.07, 6.45) is -3.83. The second-order valence-corrected chi connectivity index (χ2v) is 7.33. The van der Waals surface area contributed by atoms with E-state index in [9.17, 15) is 22.8 Å². The zero-order valence-electron chi connectivity index (χ0n) is 16.8. The van der Waals surface area contributed by atoms with E-state index in [4.69, 9.17) is 14.0 Å². The number of aromatic amines is 1. The minimum atomic E-state index is -4.43. The number of ether oxygens (including phenoxy) is 2. The monoisotopic (exact) mass is 460 g/mol. The van der Waals surface area contributed by atoms with Gasteiger partial charge in [0.1, 0.15) is 0 Å². The lowest BCUT2D eigenvalue weighted by Crippen LogP contribution is -2.35. The van der Waals surface area contributed by atoms with Crippen molar-refractivity contribution in [2.45, 2.75) is 25.6 Å². The van der Waals surface area contributed by atoms with Crippen LogP contribution in [0, 0.1) is 0 Å². The number of rotatable bonds is 5. The fourth-order valence-electron chi connectivity index (χ4n) is 3.52. The van der Waals surface area contributed by atoms with E-state index in [0.29, 0.717) is 34.4 Å². The summed E-state index contributed by atoms with van der Waals surface area (Å²) in [6.45, 7) is 0.138. The molecule has 0 unspecified atom stereocenters. The zero-order valence-corrected chi connectivity index (χ0v) is 16.8. The molecule has 0 fully saturated rings. The Bertz CT molecular complexity index is 1450. The molecule has 0 radical (unpaired) electrons. The lowest BCUT2D eigenvalue weighted by Gasteiger charge is -2.06. The Hall–Kier alpha value is -4.09. The Morgan fingerprint density at radius 3 is 2.52 bits per heavy atom. The Balaban J connectivity index is 1.29. The molecule has 33 heavy (non-hydrogen) atoms. The number of halogens is 3. The van der Waals surface area contributed by atoms with Crippen LogP contribution in [-0.2, 0) is 19.1 Å². The predicted molar refractivity (Wildman–Crippen MR) is 108 cm³/mol. The van der Waals surface area contributed by atoms with Crippen molar-refractivity contribution in [1.29, 1.82) is 0 Å². The maximum atomic E-state index is 12.8. The summed E-state index contributed by atoms with van der Waals surface area (Å²) in [5.41, 5.74) is -1.09. The van der Waals surface area contributed by atoms with Gasteiger partial charge in [-0.2, -0.15) is 18.2 Å². The van der Waals surface area contributed by atoms with Crippen molar-refractivity contribution in [2.24, 2.45) is 0 Å². The van der Waals surface area contributed by atoms with Crippen LogP contribution in [0.25, 0.3) is 22.3 Å². The first-order valence-electron chi connectivity index (χ1n) is 9.86. The molecular formula is C21H15F3N4O5. The average Bonchev–Trinajstić information content (AvgIpc) is 3.43. The molecule has 1 aliphatic heterocycles. The Labute approximate surface area is 182 Å². The topological polar surface area (TPSA) is 112 Å². The number of alkyl halides is 3. The second-order valence-electron chi connectivity index (χ2n) is 7.33. The zero-order chi connectivity index (χ0) is 23.2. The van der Waals surface area contributed by atoms with Crippen molar-refractivity contribution in [2.75, 3.05) is 6.79 Å². The van der Waals surface area contributed by atoms with Crippen LogP contribution in [0.1, 0.15) is 17.9 Å². The molecule has 1 aliphatic rings. The first kappa shape index (κ1) is 20.8. The van der Waals surface area contributed by atoms with Crippen molar-refractivity contribution in [1.82, 2.24) is 19.7 Å². The van der Waals surface area contributed by atoms with E-state index in [1.54, 1.807) is 6.07 Å². The summed E-state index contributed by atoms with van der Waals surface area (Å²) in [7, 11) is 0. The number of hydrogen-bond acceptors (Lipinski definition) is 7. The SMILES string of the molecule is O=c1[nH]c2cc3c(cc2c(=O)n1CCCc1nc(-c2ccc(C(F)(F)F)cc2)no1)OCO3. The Morgan fingerprint density at radius 1 is 1.06 bits per heavy atom. The number of fused-ring (bicyclic) bond motifs is 2. The summed E-state index contributed by atoms with van der Waals surface area (Å²) < 4.78 is 54.9. The van der Waals surface area contributed by atoms with Gasteiger partial charge in [0.05, 0.1) is 16.5 Å². The van der Waals surface area contributed by atoms with Crippen molar-refractivity contribution >= 4 is 10.9 Å². The number of aromatic nitrogens is 4. The first-order valence-corrected chi connectivity index (χ1v) is 9.86. The van der Waals surface area contributed by atoms with E-state index in [-0.39, 0.29) is 31.5 Å². The molecule has 3 heterocycles. The van der Waals surface area contributed by atoms with Crippen LogP contribution in [0.5, 0.6) is 11.5 Å². The van der Waals surface area contributed by atoms with Crippen molar-refractivity contribution in [3.8, 4) is 22.9 Å². The van der Waals surface area contributed by atoms with Crippen LogP contribution < -0.4 is 20.7 Å². The molecule has 170 valence electrons. The van der Waals surface area contributed by atoms with E-state index >= 15 is 0 Å². The van der Waals surface area contributed by atoms with E-state index in [1.807, 2.05) is 0 Å². The molecular weight excluding hydrogens is 445 g/mol. The smallest absolute Gasteiger partial charge is 0.416 e. The number of nitrogens with one attached hydrogen (secondary N) is 1. The van der Waals surface area contributed by atoms with Crippen LogP contribution in [0.2, 0.25) is 0 Å². The third-order valence-electron chi connectivity index (χ3n) is 5.19. The predicted octanol–water partition coefficient (Wildman–Crippen LogP) is 3.12. The fourth-order valence-corrected chi connectivity index (χ4v) is 3.52. The Kier molecular flexibility index (Phi) is 4.91. The van der Waals surface area contributed by atoms with Gasteiger partial charge in [-0.1, -0.05) is 17.3 Å². The maximum absolute atomic E-state index is 12.8. The molecule has 0 bridgehead atoms. The van der Waals surface area contributed by atoms with Gasteiger partial charge < -0.3 is 19.0 Å². The molecule has 0 saturated carbocycles. The molecule has 0 amide bonds. The molecule has 1 N–H and O–H groups in total. The summed E-state index contributed by atoms with van der Waals surface area (Å²) >= 11 is 0. The number of aryl methyl sites for hydroxylation is 1. The van der Waals surface area contributed by atoms with Gasteiger partial charge in [-0.15, -0.1) is 0 Å². The fraction of sp³-hybridized carbons (Fsp3) is 0.238. The minimum absolute atomic E-state index is 0.0444. The largest absolute Gasteiger partial charge is 0.454 e. The quantitative estimate of drug-likeness (QED) is 0.487. The van der Waals surface area contributed by atoms with Crippen LogP contribution in [0.3, 0.4) is 0 Å². The Morgan fingerprint density at radius 2 is 1.79 bits per heavy atom. The van der Waals surface area contributed by atoms with Crippen molar-refractivity contribution in [3.05, 3.63) is 68.7 Å². The van der Waals surface area contributed by atoms with Gasteiger partial charge in [-0.25, -0.2) is 4.79 Å². The van der Waals surface area contributed by atoms with Crippen LogP contribution in [0.15, 0.2) is 50.5 Å². The number of nitrogens with zero attached hydrogens (tertiary/aromatic N) is 3. The number of H-pyrrole nitrogens is 1. The van der Waals surface area contributed by atoms with E-state index in [0.717, 1.165) is 16.7 Å². The van der Waals surface area contributed by atoms with E-state index < -0.39 is 23.0 Å². The molecule has 2 aromatic heterocycles. The van der Waals surface area contributed by atoms with Crippen LogP contribution in [0.4, 0.5) is 13.2 Å². The highest BCUT2D eigenvalue weighted by molar-refractivity contribution is 5.81. The van der Waals surface area contributed by atoms with Gasteiger partial charge in [0, 0.05) is 24.6 Å². The van der Waals surface area contributed by atoms with Gasteiger partial charge in [0.15, 0.2) is 11.5 Å². The normalized spacial score (nSPS) is 13.1. The summed E-state index contributed by atoms with van der Waals surface area (Å²) in [4.78, 5) is 32.0. The summed E-state index contributed by atoms with van der Waals surface area (Å²) in [6, 6.07) is 7.48. The molecule has 5 rings (SSSR count). The molecule has 4 aromatic rings. The minimum Gasteiger partial charge on any atom is -0.454 e.